The molecule has 0 aromatic carbocycles. The van der Waals surface area contributed by atoms with Crippen LogP contribution in [0.1, 0.15) is 40.5 Å². The number of carbonyl (C=O) groups excluding carboxylic acids is 1. The molecule has 0 radical (unpaired) electrons. The van der Waals surface area contributed by atoms with E-state index >= 15 is 0 Å². The van der Waals surface area contributed by atoms with E-state index in [1.54, 1.807) is 0 Å². The highest BCUT2D eigenvalue weighted by atomic mass is 16.3. The van der Waals surface area contributed by atoms with Crippen LogP contribution in [0.3, 0.4) is 0 Å². The van der Waals surface area contributed by atoms with Crippen LogP contribution in [0.25, 0.3) is 0 Å². The first kappa shape index (κ1) is 12.2. The fourth-order valence-corrected chi connectivity index (χ4v) is 4.99. The lowest BCUT2D eigenvalue weighted by molar-refractivity contribution is -0.122. The first-order valence-electron chi connectivity index (χ1n) is 6.84. The highest BCUT2D eigenvalue weighted by Gasteiger charge is 2.66. The van der Waals surface area contributed by atoms with Gasteiger partial charge in [-0.25, -0.2) is 0 Å². The van der Waals surface area contributed by atoms with Gasteiger partial charge in [0.15, 0.2) is 5.76 Å². The number of aliphatic hydroxyl groups excluding tert-OH is 2. The minimum absolute atomic E-state index is 0.0437. The maximum Gasteiger partial charge on any atom is 0.201 e. The van der Waals surface area contributed by atoms with Crippen LogP contribution >= 0.6 is 0 Å². The van der Waals surface area contributed by atoms with E-state index in [4.69, 9.17) is 0 Å². The van der Waals surface area contributed by atoms with Crippen LogP contribution in [-0.2, 0) is 4.79 Å². The van der Waals surface area contributed by atoms with Crippen LogP contribution in [0, 0.1) is 28.6 Å². The lowest BCUT2D eigenvalue weighted by Crippen LogP contribution is -2.39. The molecular formula is C15H22O3. The van der Waals surface area contributed by atoms with Gasteiger partial charge in [0.25, 0.3) is 0 Å². The van der Waals surface area contributed by atoms with Gasteiger partial charge in [0.1, 0.15) is 0 Å². The summed E-state index contributed by atoms with van der Waals surface area (Å²) in [4.78, 5) is 12.1. The first-order valence-corrected chi connectivity index (χ1v) is 6.84. The largest absolute Gasteiger partial charge is 0.504 e. The van der Waals surface area contributed by atoms with E-state index in [1.807, 2.05) is 6.92 Å². The molecule has 0 aliphatic heterocycles. The van der Waals surface area contributed by atoms with Gasteiger partial charge in [-0.05, 0) is 42.6 Å². The van der Waals surface area contributed by atoms with Crippen LogP contribution in [0.15, 0.2) is 11.3 Å². The number of rotatable bonds is 0. The second kappa shape index (κ2) is 3.19. The van der Waals surface area contributed by atoms with Crippen molar-refractivity contribution in [2.45, 2.75) is 46.6 Å². The van der Waals surface area contributed by atoms with Crippen LogP contribution < -0.4 is 0 Å². The number of carbonyl (C=O) groups is 1. The zero-order valence-electron chi connectivity index (χ0n) is 11.5. The Morgan fingerprint density at radius 1 is 1.28 bits per heavy atom. The monoisotopic (exact) mass is 250 g/mol. The van der Waals surface area contributed by atoms with E-state index in [9.17, 15) is 15.0 Å². The number of hydrogen-bond donors (Lipinski definition) is 2. The molecule has 0 spiro atoms. The fourth-order valence-electron chi connectivity index (χ4n) is 4.99. The predicted octanol–water partition coefficient (Wildman–Crippen LogP) is 2.45. The molecule has 3 heteroatoms. The molecular weight excluding hydrogens is 228 g/mol. The summed E-state index contributed by atoms with van der Waals surface area (Å²) in [6.07, 6.45) is 1.42. The second-order valence-electron chi connectivity index (χ2n) is 7.33. The molecule has 100 valence electrons. The molecule has 0 amide bonds. The van der Waals surface area contributed by atoms with Crippen LogP contribution in [0.5, 0.6) is 0 Å². The number of ketones is 1. The SMILES string of the molecule is CC1=C(O)C(=O)[C@@H]2C[C@H]3CC(C)(C)[C@H](O)[C@H]3[C@]12C. The van der Waals surface area contributed by atoms with Gasteiger partial charge < -0.3 is 10.2 Å². The summed E-state index contributed by atoms with van der Waals surface area (Å²) in [5.41, 5.74) is 0.380. The smallest absolute Gasteiger partial charge is 0.201 e. The Morgan fingerprint density at radius 2 is 1.89 bits per heavy atom. The molecule has 3 rings (SSSR count). The van der Waals surface area contributed by atoms with Gasteiger partial charge in [-0.1, -0.05) is 20.8 Å². The Labute approximate surface area is 108 Å². The summed E-state index contributed by atoms with van der Waals surface area (Å²) in [7, 11) is 0. The third-order valence-electron chi connectivity index (χ3n) is 6.10. The number of fused-ring (bicyclic) bond motifs is 3. The summed E-state index contributed by atoms with van der Waals surface area (Å²) in [5.74, 6) is 0.272. The summed E-state index contributed by atoms with van der Waals surface area (Å²) in [6, 6.07) is 0. The normalized spacial score (nSPS) is 49.7. The van der Waals surface area contributed by atoms with E-state index in [-0.39, 0.29) is 40.3 Å². The summed E-state index contributed by atoms with van der Waals surface area (Å²) in [6.45, 7) is 8.12. The molecule has 18 heavy (non-hydrogen) atoms. The molecule has 0 aromatic rings. The van der Waals surface area contributed by atoms with Crippen molar-refractivity contribution in [2.75, 3.05) is 0 Å². The topological polar surface area (TPSA) is 57.5 Å². The zero-order chi connectivity index (χ0) is 13.5. The van der Waals surface area contributed by atoms with Gasteiger partial charge in [0, 0.05) is 11.3 Å². The maximum atomic E-state index is 12.1. The van der Waals surface area contributed by atoms with Gasteiger partial charge in [0.2, 0.25) is 5.78 Å². The van der Waals surface area contributed by atoms with Crippen molar-refractivity contribution in [1.82, 2.24) is 0 Å². The van der Waals surface area contributed by atoms with Crippen molar-refractivity contribution in [2.24, 2.45) is 28.6 Å². The maximum absolute atomic E-state index is 12.1. The number of Topliss-reactive ketones (excluding diaryl/α,β-unsaturated/α-hetero) is 1. The Kier molecular flexibility index (Phi) is 2.16. The minimum atomic E-state index is -0.383. The van der Waals surface area contributed by atoms with Crippen LogP contribution in [0.4, 0.5) is 0 Å². The zero-order valence-corrected chi connectivity index (χ0v) is 11.5. The van der Waals surface area contributed by atoms with Crippen LogP contribution in [-0.4, -0.2) is 22.1 Å². The van der Waals surface area contributed by atoms with Crippen molar-refractivity contribution in [3.8, 4) is 0 Å². The third kappa shape index (κ3) is 1.12. The van der Waals surface area contributed by atoms with Crippen molar-refractivity contribution < 1.29 is 15.0 Å². The summed E-state index contributed by atoms with van der Waals surface area (Å²) >= 11 is 0. The molecule has 0 saturated heterocycles. The van der Waals surface area contributed by atoms with Crippen molar-refractivity contribution in [3.05, 3.63) is 11.3 Å². The minimum Gasteiger partial charge on any atom is -0.504 e. The molecule has 0 unspecified atom stereocenters. The van der Waals surface area contributed by atoms with Gasteiger partial charge in [0.05, 0.1) is 6.10 Å². The number of hydrogen-bond acceptors (Lipinski definition) is 3. The van der Waals surface area contributed by atoms with Gasteiger partial charge in [-0.3, -0.25) is 4.79 Å². The lowest BCUT2D eigenvalue weighted by Gasteiger charge is -2.37. The fraction of sp³-hybridized carbons (Fsp3) is 0.800. The molecule has 3 nitrogen and oxygen atoms in total. The standard InChI is InChI=1S/C15H22O3/c1-7-11(16)12(17)9-5-8-6-14(2,3)13(18)10(8)15(7,9)4/h8-10,13,16,18H,5-6H2,1-4H3/t8-,9-,10-,13+,15+/m0/s1. The van der Waals surface area contributed by atoms with E-state index in [2.05, 4.69) is 20.8 Å². The van der Waals surface area contributed by atoms with E-state index in [1.165, 1.54) is 0 Å². The Balaban J connectivity index is 2.09. The highest BCUT2D eigenvalue weighted by molar-refractivity contribution is 6.00. The molecule has 0 heterocycles. The van der Waals surface area contributed by atoms with Gasteiger partial charge >= 0.3 is 0 Å². The van der Waals surface area contributed by atoms with E-state index in [0.717, 1.165) is 18.4 Å². The number of aliphatic hydroxyl groups is 2. The average Bonchev–Trinajstić information content (AvgIpc) is 2.75. The Bertz CT molecular complexity index is 462. The molecule has 2 N–H and O–H groups in total. The molecule has 3 aliphatic rings. The molecule has 3 aliphatic carbocycles. The van der Waals surface area contributed by atoms with Crippen LogP contribution in [0.2, 0.25) is 0 Å². The molecule has 5 atom stereocenters. The molecule has 2 saturated carbocycles. The number of allylic oxidation sites excluding steroid dienone is 2. The van der Waals surface area contributed by atoms with Gasteiger partial charge in [-0.2, -0.15) is 0 Å². The molecule has 2 fully saturated rings. The predicted molar refractivity (Wildman–Crippen MR) is 67.9 cm³/mol. The average molecular weight is 250 g/mol. The molecule has 0 aromatic heterocycles. The van der Waals surface area contributed by atoms with E-state index < -0.39 is 0 Å². The van der Waals surface area contributed by atoms with Crippen molar-refractivity contribution in [3.63, 3.8) is 0 Å². The lowest BCUT2D eigenvalue weighted by atomic mass is 9.68. The molecule has 0 bridgehead atoms. The van der Waals surface area contributed by atoms with Crippen molar-refractivity contribution >= 4 is 5.78 Å². The second-order valence-corrected chi connectivity index (χ2v) is 7.33. The third-order valence-corrected chi connectivity index (χ3v) is 6.10. The quantitative estimate of drug-likeness (QED) is 0.694. The van der Waals surface area contributed by atoms with Gasteiger partial charge in [-0.15, -0.1) is 0 Å². The Morgan fingerprint density at radius 3 is 2.50 bits per heavy atom. The highest BCUT2D eigenvalue weighted by Crippen LogP contribution is 2.67. The summed E-state index contributed by atoms with van der Waals surface area (Å²) in [5, 5.41) is 20.5. The first-order chi connectivity index (χ1) is 8.21. The van der Waals surface area contributed by atoms with Crippen molar-refractivity contribution in [1.29, 1.82) is 0 Å². The summed E-state index contributed by atoms with van der Waals surface area (Å²) < 4.78 is 0. The van der Waals surface area contributed by atoms with E-state index in [0.29, 0.717) is 5.92 Å². The Hall–Kier alpha value is -0.830.